The van der Waals surface area contributed by atoms with Crippen LogP contribution in [-0.2, 0) is 12.8 Å². The second kappa shape index (κ2) is 5.96. The van der Waals surface area contributed by atoms with Crippen molar-refractivity contribution in [2.45, 2.75) is 25.7 Å². The fourth-order valence-corrected chi connectivity index (χ4v) is 3.39. The zero-order valence-electron chi connectivity index (χ0n) is 13.3. The summed E-state index contributed by atoms with van der Waals surface area (Å²) in [6, 6.07) is 14.6. The fraction of sp³-hybridized carbons (Fsp3) is 0.200. The molecule has 1 heterocycles. The van der Waals surface area contributed by atoms with E-state index in [1.54, 1.807) is 18.2 Å². The number of fused-ring (bicyclic) bond motifs is 2. The number of rotatable bonds is 2. The maximum Gasteiger partial charge on any atom is 0.257 e. The van der Waals surface area contributed by atoms with Crippen LogP contribution in [-0.4, -0.2) is 10.9 Å². The summed E-state index contributed by atoms with van der Waals surface area (Å²) < 4.78 is 0. The highest BCUT2D eigenvalue weighted by Gasteiger charge is 2.19. The van der Waals surface area contributed by atoms with Crippen LogP contribution >= 0.6 is 0 Å². The molecule has 4 nitrogen and oxygen atoms in total. The van der Waals surface area contributed by atoms with Gasteiger partial charge < -0.3 is 10.3 Å². The fourth-order valence-electron chi connectivity index (χ4n) is 3.39. The van der Waals surface area contributed by atoms with E-state index in [2.05, 4.69) is 10.3 Å². The average Bonchev–Trinajstić information content (AvgIpc) is 2.62. The molecule has 0 saturated heterocycles. The number of aromatic nitrogens is 1. The molecule has 4 rings (SSSR count). The lowest BCUT2D eigenvalue weighted by atomic mass is 9.93. The summed E-state index contributed by atoms with van der Waals surface area (Å²) in [6.45, 7) is 0. The molecule has 0 unspecified atom stereocenters. The molecule has 3 aromatic rings. The molecule has 0 saturated carbocycles. The third kappa shape index (κ3) is 2.50. The van der Waals surface area contributed by atoms with Crippen molar-refractivity contribution >= 4 is 22.5 Å². The lowest BCUT2D eigenvalue weighted by Gasteiger charge is -2.17. The van der Waals surface area contributed by atoms with Crippen LogP contribution in [0.15, 0.2) is 53.3 Å². The van der Waals surface area contributed by atoms with Crippen molar-refractivity contribution in [1.82, 2.24) is 4.98 Å². The van der Waals surface area contributed by atoms with Crippen LogP contribution < -0.4 is 10.7 Å². The van der Waals surface area contributed by atoms with E-state index < -0.39 is 0 Å². The van der Waals surface area contributed by atoms with Crippen LogP contribution in [0.4, 0.5) is 5.69 Å². The van der Waals surface area contributed by atoms with Gasteiger partial charge in [-0.15, -0.1) is 0 Å². The van der Waals surface area contributed by atoms with Gasteiger partial charge in [-0.2, -0.15) is 0 Å². The quantitative estimate of drug-likeness (QED) is 0.757. The number of aromatic amines is 1. The van der Waals surface area contributed by atoms with Crippen LogP contribution in [0.3, 0.4) is 0 Å². The Kier molecular flexibility index (Phi) is 3.65. The number of amides is 1. The van der Waals surface area contributed by atoms with Crippen LogP contribution in [0.5, 0.6) is 0 Å². The summed E-state index contributed by atoms with van der Waals surface area (Å²) in [4.78, 5) is 28.8. The normalized spacial score (nSPS) is 13.5. The Balaban J connectivity index is 1.83. The van der Waals surface area contributed by atoms with Gasteiger partial charge in [0.15, 0.2) is 5.43 Å². The lowest BCUT2D eigenvalue weighted by molar-refractivity contribution is 0.102. The van der Waals surface area contributed by atoms with E-state index in [0.717, 1.165) is 42.6 Å². The van der Waals surface area contributed by atoms with Gasteiger partial charge in [-0.25, -0.2) is 0 Å². The Bertz CT molecular complexity index is 974. The van der Waals surface area contributed by atoms with Gasteiger partial charge in [0.25, 0.3) is 5.91 Å². The van der Waals surface area contributed by atoms with E-state index in [4.69, 9.17) is 0 Å². The molecule has 2 N–H and O–H groups in total. The predicted octanol–water partition coefficient (Wildman–Crippen LogP) is 3.66. The van der Waals surface area contributed by atoms with Crippen molar-refractivity contribution in [3.05, 3.63) is 75.6 Å². The number of hydrogen-bond donors (Lipinski definition) is 2. The van der Waals surface area contributed by atoms with Crippen LogP contribution in [0.2, 0.25) is 0 Å². The van der Waals surface area contributed by atoms with E-state index >= 15 is 0 Å². The predicted molar refractivity (Wildman–Crippen MR) is 95.6 cm³/mol. The first-order chi connectivity index (χ1) is 11.7. The number of para-hydroxylation sites is 2. The first kappa shape index (κ1) is 14.7. The Labute approximate surface area is 139 Å². The summed E-state index contributed by atoms with van der Waals surface area (Å²) in [7, 11) is 0. The Morgan fingerprint density at radius 3 is 2.58 bits per heavy atom. The van der Waals surface area contributed by atoms with Crippen molar-refractivity contribution in [1.29, 1.82) is 0 Å². The van der Waals surface area contributed by atoms with Crippen molar-refractivity contribution in [3.63, 3.8) is 0 Å². The van der Waals surface area contributed by atoms with E-state index in [0.29, 0.717) is 16.5 Å². The number of carbonyl (C=O) groups excluding carboxylic acids is 1. The third-order valence-corrected chi connectivity index (χ3v) is 4.60. The summed E-state index contributed by atoms with van der Waals surface area (Å²) in [6.07, 6.45) is 3.82. The van der Waals surface area contributed by atoms with Crippen molar-refractivity contribution in [2.24, 2.45) is 0 Å². The molecule has 120 valence electrons. The number of hydrogen-bond acceptors (Lipinski definition) is 2. The van der Waals surface area contributed by atoms with E-state index in [9.17, 15) is 9.59 Å². The zero-order valence-corrected chi connectivity index (χ0v) is 13.3. The Morgan fingerprint density at radius 2 is 1.75 bits per heavy atom. The summed E-state index contributed by atoms with van der Waals surface area (Å²) in [5, 5.41) is 3.48. The second-order valence-corrected chi connectivity index (χ2v) is 6.17. The minimum Gasteiger partial charge on any atom is -0.357 e. The van der Waals surface area contributed by atoms with Crippen LogP contribution in [0.1, 0.15) is 34.5 Å². The summed E-state index contributed by atoms with van der Waals surface area (Å²) in [5.74, 6) is -0.210. The summed E-state index contributed by atoms with van der Waals surface area (Å²) >= 11 is 0. The third-order valence-electron chi connectivity index (χ3n) is 4.60. The number of nitrogens with one attached hydrogen (secondary N) is 2. The molecular formula is C20H18N2O2. The van der Waals surface area contributed by atoms with Gasteiger partial charge >= 0.3 is 0 Å². The SMILES string of the molecule is O=C(Nc1ccccc1)c1cccc2c(=O)c3c([nH]c12)CCCC3. The van der Waals surface area contributed by atoms with E-state index in [1.165, 1.54) is 0 Å². The van der Waals surface area contributed by atoms with Gasteiger partial charge in [0.2, 0.25) is 0 Å². The standard InChI is InChI=1S/C20H18N2O2/c23-19-14-9-4-5-12-17(14)22-18-15(19)10-6-11-16(18)20(24)21-13-7-2-1-3-8-13/h1-3,6-8,10-11H,4-5,9,12H2,(H,21,24)(H,22,23). The topological polar surface area (TPSA) is 62.0 Å². The minimum absolute atomic E-state index is 0.0628. The first-order valence-electron chi connectivity index (χ1n) is 8.27. The molecule has 2 aromatic carbocycles. The molecule has 24 heavy (non-hydrogen) atoms. The number of carbonyl (C=O) groups is 1. The number of pyridine rings is 1. The molecule has 0 spiro atoms. The molecule has 0 radical (unpaired) electrons. The molecule has 1 aromatic heterocycles. The molecule has 1 aliphatic rings. The molecule has 0 fully saturated rings. The van der Waals surface area contributed by atoms with E-state index in [1.807, 2.05) is 30.3 Å². The molecule has 1 aliphatic carbocycles. The molecule has 0 atom stereocenters. The Hall–Kier alpha value is -2.88. The van der Waals surface area contributed by atoms with Gasteiger partial charge in [-0.3, -0.25) is 9.59 Å². The number of H-pyrrole nitrogens is 1. The average molecular weight is 318 g/mol. The monoisotopic (exact) mass is 318 g/mol. The highest BCUT2D eigenvalue weighted by molar-refractivity contribution is 6.11. The largest absolute Gasteiger partial charge is 0.357 e. The summed E-state index contributed by atoms with van der Waals surface area (Å²) in [5.41, 5.74) is 3.80. The van der Waals surface area contributed by atoms with Crippen LogP contribution in [0.25, 0.3) is 10.9 Å². The van der Waals surface area contributed by atoms with Gasteiger partial charge in [0.1, 0.15) is 0 Å². The smallest absolute Gasteiger partial charge is 0.257 e. The number of aryl methyl sites for hydroxylation is 1. The lowest BCUT2D eigenvalue weighted by Crippen LogP contribution is -2.20. The maximum absolute atomic E-state index is 12.8. The number of benzene rings is 2. The van der Waals surface area contributed by atoms with Gasteiger partial charge in [-0.1, -0.05) is 24.3 Å². The van der Waals surface area contributed by atoms with Crippen molar-refractivity contribution in [2.75, 3.05) is 5.32 Å². The number of anilines is 1. The molecule has 0 aliphatic heterocycles. The Morgan fingerprint density at radius 1 is 0.958 bits per heavy atom. The molecular weight excluding hydrogens is 300 g/mol. The highest BCUT2D eigenvalue weighted by atomic mass is 16.1. The molecule has 0 bridgehead atoms. The zero-order chi connectivity index (χ0) is 16.5. The van der Waals surface area contributed by atoms with Gasteiger partial charge in [-0.05, 0) is 49.9 Å². The molecule has 4 heteroatoms. The highest BCUT2D eigenvalue weighted by Crippen LogP contribution is 2.22. The van der Waals surface area contributed by atoms with Crippen molar-refractivity contribution in [3.8, 4) is 0 Å². The van der Waals surface area contributed by atoms with E-state index in [-0.39, 0.29) is 11.3 Å². The maximum atomic E-state index is 12.8. The van der Waals surface area contributed by atoms with Gasteiger partial charge in [0, 0.05) is 22.3 Å². The molecule has 1 amide bonds. The second-order valence-electron chi connectivity index (χ2n) is 6.17. The van der Waals surface area contributed by atoms with Crippen LogP contribution in [0, 0.1) is 0 Å². The minimum atomic E-state index is -0.210. The first-order valence-corrected chi connectivity index (χ1v) is 8.27. The van der Waals surface area contributed by atoms with Crippen molar-refractivity contribution < 1.29 is 4.79 Å². The van der Waals surface area contributed by atoms with Gasteiger partial charge in [0.05, 0.1) is 11.1 Å².